The Bertz CT molecular complexity index is 451. The van der Waals surface area contributed by atoms with Crippen LogP contribution in [0.4, 0.5) is 5.69 Å². The van der Waals surface area contributed by atoms with E-state index in [2.05, 4.69) is 10.6 Å². The molecule has 1 fully saturated rings. The molecular weight excluding hydrogens is 252 g/mol. The lowest BCUT2D eigenvalue weighted by molar-refractivity contribution is -0.118. The standard InChI is InChI=1S/C13H17ClN2O2/c1-8-3-4-11(10(14)5-8)16-13(17)12-6-9(18-2)7-15-12/h3-5,9,12,15H,6-7H2,1-2H3,(H,16,17). The first kappa shape index (κ1) is 13.3. The third-order valence-corrected chi connectivity index (χ3v) is 3.44. The van der Waals surface area contributed by atoms with Gasteiger partial charge in [0.1, 0.15) is 0 Å². The molecule has 1 amide bonds. The number of carbonyl (C=O) groups is 1. The van der Waals surface area contributed by atoms with Crippen molar-refractivity contribution in [2.24, 2.45) is 0 Å². The Labute approximate surface area is 112 Å². The molecule has 1 aliphatic heterocycles. The number of methoxy groups -OCH3 is 1. The molecule has 0 saturated carbocycles. The SMILES string of the molecule is COC1CNC(C(=O)Nc2ccc(C)cc2Cl)C1. The molecule has 0 spiro atoms. The van der Waals surface area contributed by atoms with Crippen LogP contribution < -0.4 is 10.6 Å². The summed E-state index contributed by atoms with van der Waals surface area (Å²) in [6.07, 6.45) is 0.792. The molecule has 1 aromatic carbocycles. The molecule has 1 heterocycles. The number of carbonyl (C=O) groups excluding carboxylic acids is 1. The molecule has 0 aliphatic carbocycles. The molecular formula is C13H17ClN2O2. The average Bonchev–Trinajstić information content (AvgIpc) is 2.81. The van der Waals surface area contributed by atoms with Crippen molar-refractivity contribution < 1.29 is 9.53 Å². The van der Waals surface area contributed by atoms with Gasteiger partial charge in [-0.25, -0.2) is 0 Å². The molecule has 0 aromatic heterocycles. The second kappa shape index (κ2) is 5.69. The summed E-state index contributed by atoms with van der Waals surface area (Å²) in [5.41, 5.74) is 1.71. The third kappa shape index (κ3) is 3.02. The Morgan fingerprint density at radius 1 is 1.56 bits per heavy atom. The number of hydrogen-bond acceptors (Lipinski definition) is 3. The summed E-state index contributed by atoms with van der Waals surface area (Å²) >= 11 is 6.08. The zero-order chi connectivity index (χ0) is 13.1. The lowest BCUT2D eigenvalue weighted by Gasteiger charge is -2.12. The second-order valence-electron chi connectivity index (χ2n) is 4.53. The summed E-state index contributed by atoms with van der Waals surface area (Å²) in [5.74, 6) is -0.0692. The monoisotopic (exact) mass is 268 g/mol. The Kier molecular flexibility index (Phi) is 4.22. The minimum absolute atomic E-state index is 0.0692. The van der Waals surface area contributed by atoms with Gasteiger partial charge in [0.25, 0.3) is 0 Å². The van der Waals surface area contributed by atoms with Crippen LogP contribution in [0.1, 0.15) is 12.0 Å². The van der Waals surface area contributed by atoms with Crippen molar-refractivity contribution in [2.75, 3.05) is 19.0 Å². The fraction of sp³-hybridized carbons (Fsp3) is 0.462. The van der Waals surface area contributed by atoms with Crippen molar-refractivity contribution >= 4 is 23.2 Å². The van der Waals surface area contributed by atoms with Crippen LogP contribution in [0, 0.1) is 6.92 Å². The van der Waals surface area contributed by atoms with Crippen molar-refractivity contribution in [3.63, 3.8) is 0 Å². The number of benzene rings is 1. The molecule has 1 aliphatic rings. The largest absolute Gasteiger partial charge is 0.380 e. The maximum atomic E-state index is 12.0. The number of rotatable bonds is 3. The topological polar surface area (TPSA) is 50.4 Å². The summed E-state index contributed by atoms with van der Waals surface area (Å²) in [7, 11) is 1.66. The predicted molar refractivity (Wildman–Crippen MR) is 72.0 cm³/mol. The highest BCUT2D eigenvalue weighted by Gasteiger charge is 2.29. The van der Waals surface area contributed by atoms with Crippen molar-refractivity contribution in [3.05, 3.63) is 28.8 Å². The zero-order valence-electron chi connectivity index (χ0n) is 10.5. The molecule has 2 atom stereocenters. The van der Waals surface area contributed by atoms with Crippen LogP contribution in [0.15, 0.2) is 18.2 Å². The number of nitrogens with one attached hydrogen (secondary N) is 2. The van der Waals surface area contributed by atoms with Crippen LogP contribution in [-0.4, -0.2) is 31.7 Å². The van der Waals surface area contributed by atoms with Crippen molar-refractivity contribution in [1.29, 1.82) is 0 Å². The molecule has 0 bridgehead atoms. The molecule has 2 rings (SSSR count). The van der Waals surface area contributed by atoms with E-state index in [0.29, 0.717) is 23.7 Å². The Morgan fingerprint density at radius 2 is 2.33 bits per heavy atom. The maximum Gasteiger partial charge on any atom is 0.241 e. The quantitative estimate of drug-likeness (QED) is 0.881. The van der Waals surface area contributed by atoms with Crippen molar-refractivity contribution in [1.82, 2.24) is 5.32 Å². The van der Waals surface area contributed by atoms with Gasteiger partial charge < -0.3 is 15.4 Å². The van der Waals surface area contributed by atoms with Crippen molar-refractivity contribution in [3.8, 4) is 0 Å². The van der Waals surface area contributed by atoms with E-state index < -0.39 is 0 Å². The average molecular weight is 269 g/mol. The normalized spacial score (nSPS) is 23.1. The van der Waals surface area contributed by atoms with Crippen LogP contribution in [0.5, 0.6) is 0 Å². The summed E-state index contributed by atoms with van der Waals surface area (Å²) in [6.45, 7) is 2.66. The van der Waals surface area contributed by atoms with E-state index in [-0.39, 0.29) is 18.1 Å². The molecule has 1 aromatic rings. The van der Waals surface area contributed by atoms with Crippen LogP contribution in [-0.2, 0) is 9.53 Å². The van der Waals surface area contributed by atoms with E-state index >= 15 is 0 Å². The fourth-order valence-corrected chi connectivity index (χ4v) is 2.31. The number of amides is 1. The van der Waals surface area contributed by atoms with Gasteiger partial charge in [-0.3, -0.25) is 4.79 Å². The predicted octanol–water partition coefficient (Wildman–Crippen LogP) is 1.96. The maximum absolute atomic E-state index is 12.0. The molecule has 2 N–H and O–H groups in total. The smallest absolute Gasteiger partial charge is 0.241 e. The number of halogens is 1. The lowest BCUT2D eigenvalue weighted by Crippen LogP contribution is -2.35. The van der Waals surface area contributed by atoms with Gasteiger partial charge in [0.05, 0.1) is 22.9 Å². The Balaban J connectivity index is 1.99. The molecule has 98 valence electrons. The minimum Gasteiger partial charge on any atom is -0.380 e. The first-order chi connectivity index (χ1) is 8.60. The van der Waals surface area contributed by atoms with E-state index in [0.717, 1.165) is 5.56 Å². The van der Waals surface area contributed by atoms with Gasteiger partial charge >= 0.3 is 0 Å². The minimum atomic E-state index is -0.215. The highest BCUT2D eigenvalue weighted by molar-refractivity contribution is 6.33. The van der Waals surface area contributed by atoms with Crippen LogP contribution in [0.2, 0.25) is 5.02 Å². The summed E-state index contributed by atoms with van der Waals surface area (Å²) in [5, 5.41) is 6.52. The van der Waals surface area contributed by atoms with Gasteiger partial charge in [-0.15, -0.1) is 0 Å². The van der Waals surface area contributed by atoms with E-state index in [9.17, 15) is 4.79 Å². The highest BCUT2D eigenvalue weighted by atomic mass is 35.5. The fourth-order valence-electron chi connectivity index (χ4n) is 2.02. The van der Waals surface area contributed by atoms with E-state index in [1.807, 2.05) is 25.1 Å². The van der Waals surface area contributed by atoms with Gasteiger partial charge in [0.2, 0.25) is 5.91 Å². The first-order valence-electron chi connectivity index (χ1n) is 5.93. The molecule has 4 nitrogen and oxygen atoms in total. The van der Waals surface area contributed by atoms with Crippen molar-refractivity contribution in [2.45, 2.75) is 25.5 Å². The second-order valence-corrected chi connectivity index (χ2v) is 4.93. The van der Waals surface area contributed by atoms with Crippen LogP contribution in [0.25, 0.3) is 0 Å². The summed E-state index contributed by atoms with van der Waals surface area (Å²) < 4.78 is 5.21. The molecule has 1 saturated heterocycles. The summed E-state index contributed by atoms with van der Waals surface area (Å²) in [4.78, 5) is 12.0. The Morgan fingerprint density at radius 3 is 2.94 bits per heavy atom. The van der Waals surface area contributed by atoms with Gasteiger partial charge in [-0.1, -0.05) is 17.7 Å². The number of hydrogen-bond donors (Lipinski definition) is 2. The van der Waals surface area contributed by atoms with E-state index in [1.165, 1.54) is 0 Å². The van der Waals surface area contributed by atoms with Gasteiger partial charge in [0, 0.05) is 13.7 Å². The Hall–Kier alpha value is -1.10. The molecule has 5 heteroatoms. The zero-order valence-corrected chi connectivity index (χ0v) is 11.3. The van der Waals surface area contributed by atoms with E-state index in [4.69, 9.17) is 16.3 Å². The molecule has 18 heavy (non-hydrogen) atoms. The van der Waals surface area contributed by atoms with Gasteiger partial charge in [-0.2, -0.15) is 0 Å². The number of anilines is 1. The number of aryl methyl sites for hydroxylation is 1. The van der Waals surface area contributed by atoms with Crippen LogP contribution >= 0.6 is 11.6 Å². The van der Waals surface area contributed by atoms with Crippen LogP contribution in [0.3, 0.4) is 0 Å². The van der Waals surface area contributed by atoms with Gasteiger partial charge in [-0.05, 0) is 31.0 Å². The third-order valence-electron chi connectivity index (χ3n) is 3.12. The van der Waals surface area contributed by atoms with Gasteiger partial charge in [0.15, 0.2) is 0 Å². The number of ether oxygens (including phenoxy) is 1. The first-order valence-corrected chi connectivity index (χ1v) is 6.31. The van der Waals surface area contributed by atoms with E-state index in [1.54, 1.807) is 7.11 Å². The molecule has 0 radical (unpaired) electrons. The summed E-state index contributed by atoms with van der Waals surface area (Å²) in [6, 6.07) is 5.35. The lowest BCUT2D eigenvalue weighted by atomic mass is 10.1. The molecule has 2 unspecified atom stereocenters. The highest BCUT2D eigenvalue weighted by Crippen LogP contribution is 2.23.